The summed E-state index contributed by atoms with van der Waals surface area (Å²) in [5.74, 6) is 0.720. The van der Waals surface area contributed by atoms with Gasteiger partial charge in [-0.2, -0.15) is 0 Å². The molecule has 122 valence electrons. The summed E-state index contributed by atoms with van der Waals surface area (Å²) in [6.45, 7) is 10.5. The maximum atomic E-state index is 6.55. The third kappa shape index (κ3) is 3.46. The second-order valence-corrected chi connectivity index (χ2v) is 7.95. The van der Waals surface area contributed by atoms with Crippen molar-refractivity contribution in [3.63, 3.8) is 0 Å². The number of hydrogen-bond donors (Lipinski definition) is 1. The van der Waals surface area contributed by atoms with E-state index in [2.05, 4.69) is 31.0 Å². The molecular weight excluding hydrogens is 260 g/mol. The molecule has 0 aromatic heterocycles. The Morgan fingerprint density at radius 1 is 1.24 bits per heavy atom. The molecule has 2 saturated heterocycles. The molecule has 1 aliphatic carbocycles. The highest BCUT2D eigenvalue weighted by Crippen LogP contribution is 2.43. The largest absolute Gasteiger partial charge is 0.370 e. The van der Waals surface area contributed by atoms with E-state index in [0.717, 1.165) is 19.0 Å². The predicted octanol–water partition coefficient (Wildman–Crippen LogP) is 3.19. The Hall–Kier alpha value is -0.120. The van der Waals surface area contributed by atoms with Crippen LogP contribution in [-0.4, -0.2) is 48.3 Å². The van der Waals surface area contributed by atoms with Crippen LogP contribution in [0.15, 0.2) is 0 Å². The molecule has 3 heteroatoms. The van der Waals surface area contributed by atoms with Gasteiger partial charge in [-0.15, -0.1) is 0 Å². The molecule has 0 amide bonds. The normalized spacial score (nSPS) is 36.9. The molecule has 3 fully saturated rings. The van der Waals surface area contributed by atoms with Gasteiger partial charge in [0.15, 0.2) is 0 Å². The van der Waals surface area contributed by atoms with Gasteiger partial charge in [0.25, 0.3) is 0 Å². The van der Waals surface area contributed by atoms with Crippen molar-refractivity contribution in [2.24, 2.45) is 5.92 Å². The summed E-state index contributed by atoms with van der Waals surface area (Å²) in [5.41, 5.74) is 0.288. The summed E-state index contributed by atoms with van der Waals surface area (Å²) in [6.07, 6.45) is 9.71. The summed E-state index contributed by atoms with van der Waals surface area (Å²) in [6, 6.07) is 1.35. The van der Waals surface area contributed by atoms with Gasteiger partial charge in [-0.25, -0.2) is 0 Å². The lowest BCUT2D eigenvalue weighted by Gasteiger charge is -2.43. The van der Waals surface area contributed by atoms with Crippen molar-refractivity contribution in [3.05, 3.63) is 0 Å². The van der Waals surface area contributed by atoms with Gasteiger partial charge >= 0.3 is 0 Å². The Morgan fingerprint density at radius 2 is 2.00 bits per heavy atom. The van der Waals surface area contributed by atoms with Crippen LogP contribution >= 0.6 is 0 Å². The molecule has 3 rings (SSSR count). The highest BCUT2D eigenvalue weighted by atomic mass is 16.5. The van der Waals surface area contributed by atoms with Crippen LogP contribution in [0.25, 0.3) is 0 Å². The highest BCUT2D eigenvalue weighted by molar-refractivity contribution is 4.95. The molecule has 0 aromatic rings. The van der Waals surface area contributed by atoms with Crippen molar-refractivity contribution in [1.82, 2.24) is 10.2 Å². The molecule has 2 heterocycles. The predicted molar refractivity (Wildman–Crippen MR) is 87.6 cm³/mol. The van der Waals surface area contributed by atoms with Gasteiger partial charge in [0.1, 0.15) is 0 Å². The topological polar surface area (TPSA) is 24.5 Å². The molecular formula is C18H34N2O. The Balaban J connectivity index is 1.58. The first-order valence-electron chi connectivity index (χ1n) is 9.27. The van der Waals surface area contributed by atoms with E-state index in [0.29, 0.717) is 18.2 Å². The zero-order valence-electron chi connectivity index (χ0n) is 14.2. The van der Waals surface area contributed by atoms with E-state index in [-0.39, 0.29) is 5.60 Å². The standard InChI is InChI=1S/C18H34N2O/c1-4-15-12-20(17(11-19-15)14(2)3)13-16-7-10-18(21-16)8-5-6-9-18/h14-17,19H,4-13H2,1-3H3. The summed E-state index contributed by atoms with van der Waals surface area (Å²) in [4.78, 5) is 2.73. The monoisotopic (exact) mass is 294 g/mol. The fourth-order valence-electron chi connectivity index (χ4n) is 4.71. The van der Waals surface area contributed by atoms with Gasteiger partial charge in [0.05, 0.1) is 11.7 Å². The first-order valence-corrected chi connectivity index (χ1v) is 9.27. The Kier molecular flexibility index (Phi) is 4.92. The summed E-state index contributed by atoms with van der Waals surface area (Å²) < 4.78 is 6.55. The molecule has 0 aromatic carbocycles. The second-order valence-electron chi connectivity index (χ2n) is 7.95. The van der Waals surface area contributed by atoms with Crippen LogP contribution in [0.4, 0.5) is 0 Å². The molecule has 0 bridgehead atoms. The molecule has 3 atom stereocenters. The van der Waals surface area contributed by atoms with Crippen LogP contribution in [0.3, 0.4) is 0 Å². The third-order valence-corrected chi connectivity index (χ3v) is 6.09. The summed E-state index contributed by atoms with van der Waals surface area (Å²) >= 11 is 0. The summed E-state index contributed by atoms with van der Waals surface area (Å²) in [7, 11) is 0. The number of piperazine rings is 1. The van der Waals surface area contributed by atoms with Gasteiger partial charge in [-0.05, 0) is 38.0 Å². The van der Waals surface area contributed by atoms with E-state index < -0.39 is 0 Å². The Morgan fingerprint density at radius 3 is 2.67 bits per heavy atom. The van der Waals surface area contributed by atoms with E-state index in [4.69, 9.17) is 4.74 Å². The average molecular weight is 294 g/mol. The number of hydrogen-bond acceptors (Lipinski definition) is 3. The van der Waals surface area contributed by atoms with E-state index in [1.807, 2.05) is 0 Å². The first-order chi connectivity index (χ1) is 10.1. The van der Waals surface area contributed by atoms with Crippen LogP contribution in [-0.2, 0) is 4.74 Å². The van der Waals surface area contributed by atoms with Gasteiger partial charge in [0.2, 0.25) is 0 Å². The van der Waals surface area contributed by atoms with Crippen LogP contribution in [0.2, 0.25) is 0 Å². The minimum atomic E-state index is 0.288. The van der Waals surface area contributed by atoms with Gasteiger partial charge in [0, 0.05) is 31.7 Å². The van der Waals surface area contributed by atoms with Gasteiger partial charge in [-0.3, -0.25) is 4.90 Å². The molecule has 1 saturated carbocycles. The lowest BCUT2D eigenvalue weighted by atomic mass is 9.96. The van der Waals surface area contributed by atoms with Crippen molar-refractivity contribution >= 4 is 0 Å². The van der Waals surface area contributed by atoms with Crippen LogP contribution in [0, 0.1) is 5.92 Å². The highest BCUT2D eigenvalue weighted by Gasteiger charge is 2.43. The smallest absolute Gasteiger partial charge is 0.0710 e. The van der Waals surface area contributed by atoms with Crippen molar-refractivity contribution < 1.29 is 4.74 Å². The van der Waals surface area contributed by atoms with Crippen molar-refractivity contribution in [2.45, 2.75) is 89.5 Å². The first kappa shape index (κ1) is 15.8. The second kappa shape index (κ2) is 6.55. The zero-order chi connectivity index (χ0) is 14.9. The van der Waals surface area contributed by atoms with E-state index in [1.54, 1.807) is 0 Å². The maximum Gasteiger partial charge on any atom is 0.0710 e. The number of rotatable bonds is 4. The fraction of sp³-hybridized carbons (Fsp3) is 1.00. The Labute approximate surface area is 130 Å². The fourth-order valence-corrected chi connectivity index (χ4v) is 4.71. The zero-order valence-corrected chi connectivity index (χ0v) is 14.2. The van der Waals surface area contributed by atoms with Crippen LogP contribution in [0.5, 0.6) is 0 Å². The Bertz CT molecular complexity index is 338. The molecule has 1 N–H and O–H groups in total. The van der Waals surface area contributed by atoms with Gasteiger partial charge < -0.3 is 10.1 Å². The number of nitrogens with one attached hydrogen (secondary N) is 1. The molecule has 3 unspecified atom stereocenters. The van der Waals surface area contributed by atoms with Crippen LogP contribution < -0.4 is 5.32 Å². The lowest BCUT2D eigenvalue weighted by molar-refractivity contribution is -0.0577. The van der Waals surface area contributed by atoms with Crippen molar-refractivity contribution in [3.8, 4) is 0 Å². The number of nitrogens with zero attached hydrogens (tertiary/aromatic N) is 1. The van der Waals surface area contributed by atoms with E-state index in [1.165, 1.54) is 51.5 Å². The average Bonchev–Trinajstić information content (AvgIpc) is 3.09. The summed E-state index contributed by atoms with van der Waals surface area (Å²) in [5, 5.41) is 3.72. The SMILES string of the molecule is CCC1CN(CC2CCC3(CCCC3)O2)C(C(C)C)CN1. The molecule has 2 aliphatic heterocycles. The minimum absolute atomic E-state index is 0.288. The molecule has 21 heavy (non-hydrogen) atoms. The molecule has 3 aliphatic rings. The van der Waals surface area contributed by atoms with Crippen molar-refractivity contribution in [1.29, 1.82) is 0 Å². The lowest BCUT2D eigenvalue weighted by Crippen LogP contribution is -2.59. The van der Waals surface area contributed by atoms with Crippen molar-refractivity contribution in [2.75, 3.05) is 19.6 Å². The molecule has 0 radical (unpaired) electrons. The minimum Gasteiger partial charge on any atom is -0.370 e. The maximum absolute atomic E-state index is 6.55. The number of ether oxygens (including phenoxy) is 1. The van der Waals surface area contributed by atoms with Gasteiger partial charge in [-0.1, -0.05) is 33.6 Å². The molecule has 1 spiro atoms. The van der Waals surface area contributed by atoms with E-state index >= 15 is 0 Å². The quantitative estimate of drug-likeness (QED) is 0.862. The third-order valence-electron chi connectivity index (χ3n) is 6.09. The van der Waals surface area contributed by atoms with E-state index in [9.17, 15) is 0 Å². The van der Waals surface area contributed by atoms with Crippen LogP contribution in [0.1, 0.15) is 65.7 Å². The molecule has 3 nitrogen and oxygen atoms in total.